The minimum Gasteiger partial charge on any atom is -0.355 e. The van der Waals surface area contributed by atoms with Gasteiger partial charge in [0.15, 0.2) is 0 Å². The van der Waals surface area contributed by atoms with E-state index in [2.05, 4.69) is 42.7 Å². The number of rotatable bonds is 8. The molecule has 0 aliphatic heterocycles. The zero-order chi connectivity index (χ0) is 24.9. The molecule has 0 fully saturated rings. The Bertz CT molecular complexity index is 1130. The van der Waals surface area contributed by atoms with Crippen molar-refractivity contribution < 1.29 is 9.18 Å². The standard InChI is InChI=1S/C29H34FN3O/c1-28(2,3)27(34)32-19-29(4,5)26(20-9-7-6-8-10-20)21-11-16-25(22(17-21)18-31)33-24-14-12-23(30)13-15-24/h6-18,26,31,33H,19H2,1-5H3,(H,32,34)/t26-/m0/s1. The van der Waals surface area contributed by atoms with E-state index in [-0.39, 0.29) is 23.1 Å². The zero-order valence-electron chi connectivity index (χ0n) is 20.6. The fourth-order valence-electron chi connectivity index (χ4n) is 4.10. The topological polar surface area (TPSA) is 65.0 Å². The molecule has 0 heterocycles. The summed E-state index contributed by atoms with van der Waals surface area (Å²) in [6, 6.07) is 22.4. The molecule has 1 amide bonds. The summed E-state index contributed by atoms with van der Waals surface area (Å²) in [6.45, 7) is 10.6. The highest BCUT2D eigenvalue weighted by molar-refractivity contribution is 5.88. The third-order valence-electron chi connectivity index (χ3n) is 5.99. The highest BCUT2D eigenvalue weighted by Gasteiger charge is 2.34. The van der Waals surface area contributed by atoms with E-state index >= 15 is 0 Å². The summed E-state index contributed by atoms with van der Waals surface area (Å²) >= 11 is 0. The van der Waals surface area contributed by atoms with Crippen molar-refractivity contribution in [2.75, 3.05) is 11.9 Å². The Labute approximate surface area is 202 Å². The number of nitrogens with one attached hydrogen (secondary N) is 3. The Kier molecular flexibility index (Phi) is 7.55. The third kappa shape index (κ3) is 6.10. The first-order chi connectivity index (χ1) is 16.0. The van der Waals surface area contributed by atoms with Crippen molar-refractivity contribution in [1.29, 1.82) is 5.41 Å². The summed E-state index contributed by atoms with van der Waals surface area (Å²) in [6.07, 6.45) is 1.33. The molecule has 4 nitrogen and oxygen atoms in total. The molecule has 34 heavy (non-hydrogen) atoms. The first-order valence-electron chi connectivity index (χ1n) is 11.5. The van der Waals surface area contributed by atoms with Crippen LogP contribution in [0, 0.1) is 22.1 Å². The SMILES string of the molecule is CC(C)(C)C(=O)NCC(C)(C)[C@@H](c1ccccc1)c1ccc(Nc2ccc(F)cc2)c(C=N)c1. The summed E-state index contributed by atoms with van der Waals surface area (Å²) in [5, 5.41) is 14.4. The van der Waals surface area contributed by atoms with E-state index in [0.29, 0.717) is 6.54 Å². The lowest BCUT2D eigenvalue weighted by atomic mass is 9.70. The van der Waals surface area contributed by atoms with Crippen LogP contribution in [0.25, 0.3) is 0 Å². The van der Waals surface area contributed by atoms with Gasteiger partial charge in [0.25, 0.3) is 0 Å². The molecule has 5 heteroatoms. The van der Waals surface area contributed by atoms with E-state index < -0.39 is 5.41 Å². The number of anilines is 2. The summed E-state index contributed by atoms with van der Waals surface area (Å²) in [4.78, 5) is 12.6. The molecule has 178 valence electrons. The van der Waals surface area contributed by atoms with Gasteiger partial charge in [-0.05, 0) is 52.9 Å². The van der Waals surface area contributed by atoms with Gasteiger partial charge in [0.05, 0.1) is 0 Å². The fourth-order valence-corrected chi connectivity index (χ4v) is 4.10. The molecule has 0 saturated heterocycles. The number of benzene rings is 3. The van der Waals surface area contributed by atoms with Crippen molar-refractivity contribution >= 4 is 23.5 Å². The molecule has 1 atom stereocenters. The lowest BCUT2D eigenvalue weighted by Gasteiger charge is -2.36. The first kappa shape index (κ1) is 25.2. The summed E-state index contributed by atoms with van der Waals surface area (Å²) in [5.41, 5.74) is 3.71. The Morgan fingerprint density at radius 2 is 1.59 bits per heavy atom. The minimum atomic E-state index is -0.459. The number of carbonyl (C=O) groups is 1. The lowest BCUT2D eigenvalue weighted by Crippen LogP contribution is -2.42. The second kappa shape index (κ2) is 10.2. The van der Waals surface area contributed by atoms with Gasteiger partial charge in [-0.15, -0.1) is 0 Å². The summed E-state index contributed by atoms with van der Waals surface area (Å²) in [7, 11) is 0. The van der Waals surface area contributed by atoms with Crippen molar-refractivity contribution in [3.8, 4) is 0 Å². The van der Waals surface area contributed by atoms with E-state index in [1.807, 2.05) is 51.1 Å². The van der Waals surface area contributed by atoms with Crippen LogP contribution < -0.4 is 10.6 Å². The molecule has 3 aromatic rings. The predicted octanol–water partition coefficient (Wildman–Crippen LogP) is 6.89. The van der Waals surface area contributed by atoms with Crippen LogP contribution in [0.2, 0.25) is 0 Å². The van der Waals surface area contributed by atoms with Crippen LogP contribution in [0.5, 0.6) is 0 Å². The Balaban J connectivity index is 1.97. The molecule has 0 aliphatic carbocycles. The average Bonchev–Trinajstić information content (AvgIpc) is 2.80. The average molecular weight is 460 g/mol. The molecular formula is C29H34FN3O. The van der Waals surface area contributed by atoms with Crippen LogP contribution in [-0.4, -0.2) is 18.7 Å². The highest BCUT2D eigenvalue weighted by Crippen LogP contribution is 2.41. The monoisotopic (exact) mass is 459 g/mol. The fraction of sp³-hybridized carbons (Fsp3) is 0.310. The van der Waals surface area contributed by atoms with E-state index in [9.17, 15) is 9.18 Å². The second-order valence-electron chi connectivity index (χ2n) is 10.4. The van der Waals surface area contributed by atoms with E-state index in [1.165, 1.54) is 18.3 Å². The molecule has 0 bridgehead atoms. The van der Waals surface area contributed by atoms with Gasteiger partial charge in [-0.2, -0.15) is 0 Å². The van der Waals surface area contributed by atoms with Crippen LogP contribution in [0.1, 0.15) is 57.2 Å². The molecule has 0 spiro atoms. The summed E-state index contributed by atoms with van der Waals surface area (Å²) in [5.74, 6) is -0.279. The van der Waals surface area contributed by atoms with Gasteiger partial charge in [-0.1, -0.05) is 71.0 Å². The molecule has 3 aromatic carbocycles. The zero-order valence-corrected chi connectivity index (χ0v) is 20.6. The maximum absolute atomic E-state index is 13.3. The highest BCUT2D eigenvalue weighted by atomic mass is 19.1. The van der Waals surface area contributed by atoms with Crippen LogP contribution in [-0.2, 0) is 4.79 Å². The molecule has 0 radical (unpaired) electrons. The van der Waals surface area contributed by atoms with Crippen molar-refractivity contribution in [2.24, 2.45) is 10.8 Å². The Morgan fingerprint density at radius 3 is 2.18 bits per heavy atom. The second-order valence-corrected chi connectivity index (χ2v) is 10.4. The van der Waals surface area contributed by atoms with Crippen LogP contribution >= 0.6 is 0 Å². The van der Waals surface area contributed by atoms with Gasteiger partial charge < -0.3 is 16.0 Å². The van der Waals surface area contributed by atoms with Gasteiger partial charge in [0.2, 0.25) is 5.91 Å². The number of hydrogen-bond acceptors (Lipinski definition) is 3. The number of carbonyl (C=O) groups excluding carboxylic acids is 1. The van der Waals surface area contributed by atoms with Crippen molar-refractivity contribution in [1.82, 2.24) is 5.32 Å². The largest absolute Gasteiger partial charge is 0.355 e. The smallest absolute Gasteiger partial charge is 0.225 e. The molecule has 0 aromatic heterocycles. The van der Waals surface area contributed by atoms with Gasteiger partial charge in [0.1, 0.15) is 5.82 Å². The van der Waals surface area contributed by atoms with Crippen LogP contribution in [0.15, 0.2) is 72.8 Å². The molecular weight excluding hydrogens is 425 g/mol. The third-order valence-corrected chi connectivity index (χ3v) is 5.99. The van der Waals surface area contributed by atoms with Crippen molar-refractivity contribution in [3.63, 3.8) is 0 Å². The van der Waals surface area contributed by atoms with E-state index in [0.717, 1.165) is 28.1 Å². The Hall–Kier alpha value is -3.47. The maximum Gasteiger partial charge on any atom is 0.225 e. The first-order valence-corrected chi connectivity index (χ1v) is 11.5. The molecule has 3 rings (SSSR count). The van der Waals surface area contributed by atoms with Gasteiger partial charge >= 0.3 is 0 Å². The quantitative estimate of drug-likeness (QED) is 0.321. The van der Waals surface area contributed by atoms with Gasteiger partial charge in [-0.3, -0.25) is 4.79 Å². The van der Waals surface area contributed by atoms with Crippen LogP contribution in [0.4, 0.5) is 15.8 Å². The van der Waals surface area contributed by atoms with Gasteiger partial charge in [0, 0.05) is 41.0 Å². The van der Waals surface area contributed by atoms with E-state index in [1.54, 1.807) is 12.1 Å². The molecule has 0 unspecified atom stereocenters. The normalized spacial score (nSPS) is 12.6. The predicted molar refractivity (Wildman–Crippen MR) is 139 cm³/mol. The van der Waals surface area contributed by atoms with E-state index in [4.69, 9.17) is 5.41 Å². The maximum atomic E-state index is 13.3. The molecule has 3 N–H and O–H groups in total. The summed E-state index contributed by atoms with van der Waals surface area (Å²) < 4.78 is 13.3. The number of hydrogen-bond donors (Lipinski definition) is 3. The minimum absolute atomic E-state index is 0.00691. The lowest BCUT2D eigenvalue weighted by molar-refractivity contribution is -0.129. The Morgan fingerprint density at radius 1 is 0.941 bits per heavy atom. The molecule has 0 saturated carbocycles. The van der Waals surface area contributed by atoms with Crippen LogP contribution in [0.3, 0.4) is 0 Å². The number of amides is 1. The number of halogens is 1. The van der Waals surface area contributed by atoms with Gasteiger partial charge in [-0.25, -0.2) is 4.39 Å². The molecule has 0 aliphatic rings. The van der Waals surface area contributed by atoms with Crippen molar-refractivity contribution in [2.45, 2.75) is 40.5 Å². The van der Waals surface area contributed by atoms with Crippen molar-refractivity contribution in [3.05, 3.63) is 95.3 Å².